The number of carbonyl (C=O) groups is 1. The molecule has 142 valence electrons. The van der Waals surface area contributed by atoms with Gasteiger partial charge in [0.2, 0.25) is 5.88 Å². The third kappa shape index (κ3) is 3.31. The zero-order valence-corrected chi connectivity index (χ0v) is 16.3. The fraction of sp³-hybridized carbons (Fsp3) is 0.217. The standard InChI is InChI=1S/C23H23N3O2/c1-23(22(27)25-17-7-5-4-6-8-17)15-20-19(13-14-24-21(20)28-23)16-9-11-18(12-10-16)26(2)3/h4-14H,15H2,1-3H3,(H,25,27). The van der Waals surface area contributed by atoms with Gasteiger partial charge in [0.1, 0.15) is 0 Å². The summed E-state index contributed by atoms with van der Waals surface area (Å²) in [5.74, 6) is 0.352. The highest BCUT2D eigenvalue weighted by atomic mass is 16.5. The van der Waals surface area contributed by atoms with E-state index < -0.39 is 5.60 Å². The number of hydrogen-bond acceptors (Lipinski definition) is 4. The van der Waals surface area contributed by atoms with E-state index in [1.54, 1.807) is 6.20 Å². The van der Waals surface area contributed by atoms with Crippen molar-refractivity contribution in [2.45, 2.75) is 18.9 Å². The molecule has 0 saturated heterocycles. The number of anilines is 2. The van der Waals surface area contributed by atoms with E-state index in [9.17, 15) is 4.79 Å². The average Bonchev–Trinajstić information content (AvgIpc) is 3.06. The number of fused-ring (bicyclic) bond motifs is 1. The molecule has 0 radical (unpaired) electrons. The summed E-state index contributed by atoms with van der Waals surface area (Å²) in [7, 11) is 4.04. The van der Waals surface area contributed by atoms with Gasteiger partial charge >= 0.3 is 0 Å². The number of ether oxygens (including phenoxy) is 1. The number of benzene rings is 2. The van der Waals surface area contributed by atoms with Gasteiger partial charge in [-0.25, -0.2) is 4.98 Å². The molecule has 1 N–H and O–H groups in total. The number of hydrogen-bond donors (Lipinski definition) is 1. The molecule has 2 heterocycles. The molecule has 0 saturated carbocycles. The molecule has 1 aliphatic heterocycles. The second-order valence-electron chi connectivity index (χ2n) is 7.41. The van der Waals surface area contributed by atoms with Crippen LogP contribution in [0.1, 0.15) is 12.5 Å². The molecule has 5 heteroatoms. The molecule has 0 fully saturated rings. The lowest BCUT2D eigenvalue weighted by molar-refractivity contribution is -0.128. The molecule has 1 unspecified atom stereocenters. The molecule has 1 aliphatic rings. The number of pyridine rings is 1. The number of para-hydroxylation sites is 1. The maximum Gasteiger partial charge on any atom is 0.268 e. The Kier molecular flexibility index (Phi) is 4.51. The van der Waals surface area contributed by atoms with Crippen molar-refractivity contribution in [3.8, 4) is 17.0 Å². The molecule has 1 atom stereocenters. The number of carbonyl (C=O) groups excluding carboxylic acids is 1. The minimum atomic E-state index is -0.995. The Bertz CT molecular complexity index is 1000. The molecule has 1 amide bonds. The Morgan fingerprint density at radius 1 is 1.07 bits per heavy atom. The van der Waals surface area contributed by atoms with Crippen LogP contribution in [0.4, 0.5) is 11.4 Å². The fourth-order valence-electron chi connectivity index (χ4n) is 3.44. The highest BCUT2D eigenvalue weighted by molar-refractivity contribution is 5.98. The molecule has 1 aromatic heterocycles. The number of nitrogens with one attached hydrogen (secondary N) is 1. The summed E-state index contributed by atoms with van der Waals surface area (Å²) in [6, 6.07) is 19.7. The predicted octanol–water partition coefficient (Wildman–Crippen LogP) is 4.15. The van der Waals surface area contributed by atoms with Crippen molar-refractivity contribution in [3.63, 3.8) is 0 Å². The van der Waals surface area contributed by atoms with Crippen molar-refractivity contribution in [1.29, 1.82) is 0 Å². The Morgan fingerprint density at radius 2 is 1.79 bits per heavy atom. The van der Waals surface area contributed by atoms with Crippen LogP contribution in [0, 0.1) is 0 Å². The molecule has 5 nitrogen and oxygen atoms in total. The normalized spacial score (nSPS) is 17.5. The largest absolute Gasteiger partial charge is 0.461 e. The monoisotopic (exact) mass is 373 g/mol. The number of aromatic nitrogens is 1. The molecule has 0 aliphatic carbocycles. The van der Waals surface area contributed by atoms with Gasteiger partial charge in [-0.15, -0.1) is 0 Å². The molecule has 3 aromatic rings. The SMILES string of the molecule is CN(C)c1ccc(-c2ccnc3c2CC(C)(C(=O)Nc2ccccc2)O3)cc1. The Balaban J connectivity index is 1.61. The van der Waals surface area contributed by atoms with Gasteiger partial charge in [0.15, 0.2) is 5.60 Å². The van der Waals surface area contributed by atoms with Crippen molar-refractivity contribution in [2.75, 3.05) is 24.3 Å². The van der Waals surface area contributed by atoms with E-state index in [0.29, 0.717) is 12.3 Å². The van der Waals surface area contributed by atoms with E-state index in [0.717, 1.165) is 28.1 Å². The first-order valence-corrected chi connectivity index (χ1v) is 9.27. The van der Waals surface area contributed by atoms with Gasteiger partial charge in [-0.2, -0.15) is 0 Å². The van der Waals surface area contributed by atoms with Crippen LogP contribution < -0.4 is 15.0 Å². The summed E-state index contributed by atoms with van der Waals surface area (Å²) in [5, 5.41) is 2.94. The minimum absolute atomic E-state index is 0.175. The van der Waals surface area contributed by atoms with Crippen molar-refractivity contribution >= 4 is 17.3 Å². The lowest BCUT2D eigenvalue weighted by Crippen LogP contribution is -2.44. The summed E-state index contributed by atoms with van der Waals surface area (Å²) in [6.45, 7) is 1.81. The van der Waals surface area contributed by atoms with E-state index in [1.165, 1.54) is 0 Å². The van der Waals surface area contributed by atoms with Gasteiger partial charge in [0.05, 0.1) is 0 Å². The summed E-state index contributed by atoms with van der Waals surface area (Å²) in [4.78, 5) is 19.3. The van der Waals surface area contributed by atoms with Crippen molar-refractivity contribution in [1.82, 2.24) is 4.98 Å². The van der Waals surface area contributed by atoms with Crippen LogP contribution in [-0.4, -0.2) is 30.6 Å². The van der Waals surface area contributed by atoms with Crippen molar-refractivity contribution in [2.24, 2.45) is 0 Å². The van der Waals surface area contributed by atoms with E-state index in [2.05, 4.69) is 39.5 Å². The first-order chi connectivity index (χ1) is 13.5. The first kappa shape index (κ1) is 18.0. The second kappa shape index (κ2) is 7.00. The Labute approximate surface area is 165 Å². The first-order valence-electron chi connectivity index (χ1n) is 9.27. The number of rotatable bonds is 4. The third-order valence-corrected chi connectivity index (χ3v) is 5.06. The van der Waals surface area contributed by atoms with Crippen LogP contribution >= 0.6 is 0 Å². The van der Waals surface area contributed by atoms with Gasteiger partial charge in [-0.05, 0) is 48.4 Å². The van der Waals surface area contributed by atoms with Crippen molar-refractivity contribution in [3.05, 3.63) is 72.4 Å². The van der Waals surface area contributed by atoms with E-state index >= 15 is 0 Å². The van der Waals surface area contributed by atoms with Crippen LogP contribution in [0.3, 0.4) is 0 Å². The summed E-state index contributed by atoms with van der Waals surface area (Å²) >= 11 is 0. The topological polar surface area (TPSA) is 54.5 Å². The third-order valence-electron chi connectivity index (χ3n) is 5.06. The molecule has 0 spiro atoms. The van der Waals surface area contributed by atoms with Gasteiger partial charge in [-0.3, -0.25) is 4.79 Å². The van der Waals surface area contributed by atoms with Crippen molar-refractivity contribution < 1.29 is 9.53 Å². The molecule has 0 bridgehead atoms. The summed E-state index contributed by atoms with van der Waals surface area (Å²) in [5.41, 5.74) is 3.99. The Morgan fingerprint density at radius 3 is 2.46 bits per heavy atom. The predicted molar refractivity (Wildman–Crippen MR) is 112 cm³/mol. The quantitative estimate of drug-likeness (QED) is 0.747. The average molecular weight is 373 g/mol. The van der Waals surface area contributed by atoms with Crippen LogP contribution in [0.25, 0.3) is 11.1 Å². The fourth-order valence-corrected chi connectivity index (χ4v) is 3.44. The molecule has 28 heavy (non-hydrogen) atoms. The molecule has 2 aromatic carbocycles. The van der Waals surface area contributed by atoms with Gasteiger partial charge in [0.25, 0.3) is 5.91 Å². The highest BCUT2D eigenvalue weighted by Crippen LogP contribution is 2.40. The van der Waals surface area contributed by atoms with E-state index in [1.807, 2.05) is 57.4 Å². The van der Waals surface area contributed by atoms with Crippen LogP contribution in [0.5, 0.6) is 5.88 Å². The smallest absolute Gasteiger partial charge is 0.268 e. The molecule has 4 rings (SSSR count). The van der Waals surface area contributed by atoms with E-state index in [4.69, 9.17) is 4.74 Å². The van der Waals surface area contributed by atoms with Gasteiger partial charge in [-0.1, -0.05) is 30.3 Å². The number of nitrogens with zero attached hydrogens (tertiary/aromatic N) is 2. The molecular formula is C23H23N3O2. The maximum atomic E-state index is 12.9. The lowest BCUT2D eigenvalue weighted by atomic mass is 9.93. The van der Waals surface area contributed by atoms with Crippen LogP contribution in [-0.2, 0) is 11.2 Å². The van der Waals surface area contributed by atoms with Gasteiger partial charge in [0, 0.05) is 43.7 Å². The molecular weight excluding hydrogens is 350 g/mol. The number of amides is 1. The van der Waals surface area contributed by atoms with Crippen LogP contribution in [0.15, 0.2) is 66.9 Å². The zero-order chi connectivity index (χ0) is 19.7. The van der Waals surface area contributed by atoms with Gasteiger partial charge < -0.3 is 15.0 Å². The lowest BCUT2D eigenvalue weighted by Gasteiger charge is -2.22. The van der Waals surface area contributed by atoms with E-state index in [-0.39, 0.29) is 5.91 Å². The zero-order valence-electron chi connectivity index (χ0n) is 16.3. The maximum absolute atomic E-state index is 12.9. The van der Waals surface area contributed by atoms with Crippen LogP contribution in [0.2, 0.25) is 0 Å². The minimum Gasteiger partial charge on any atom is -0.461 e. The Hall–Kier alpha value is -3.34. The summed E-state index contributed by atoms with van der Waals surface area (Å²) < 4.78 is 6.02. The second-order valence-corrected chi connectivity index (χ2v) is 7.41. The highest BCUT2D eigenvalue weighted by Gasteiger charge is 2.43. The summed E-state index contributed by atoms with van der Waals surface area (Å²) in [6.07, 6.45) is 2.20.